The minimum atomic E-state index is -4.23. The fraction of sp³-hybridized carbons (Fsp3) is 0.625. The molecule has 1 atom stereocenters. The number of alkyl halides is 3. The van der Waals surface area contributed by atoms with E-state index < -0.39 is 18.8 Å². The number of aryl methyl sites for hydroxylation is 1. The van der Waals surface area contributed by atoms with Crippen molar-refractivity contribution in [3.63, 3.8) is 0 Å². The highest BCUT2D eigenvalue weighted by atomic mass is 19.4. The third-order valence-electron chi connectivity index (χ3n) is 2.00. The predicted molar refractivity (Wildman–Crippen MR) is 49.1 cm³/mol. The molecule has 0 spiro atoms. The number of halogens is 3. The van der Waals surface area contributed by atoms with Crippen LogP contribution in [0.1, 0.15) is 11.7 Å². The van der Waals surface area contributed by atoms with Gasteiger partial charge >= 0.3 is 6.18 Å². The molecular formula is C8H13F3N4. The first-order chi connectivity index (χ1) is 6.94. The Morgan fingerprint density at radius 1 is 1.60 bits per heavy atom. The molecule has 3 N–H and O–H groups in total. The van der Waals surface area contributed by atoms with Crippen molar-refractivity contribution < 1.29 is 13.2 Å². The number of hydrogen-bond donors (Lipinski definition) is 2. The molecule has 0 bridgehead atoms. The van der Waals surface area contributed by atoms with Gasteiger partial charge < -0.3 is 10.3 Å². The fourth-order valence-electron chi connectivity index (χ4n) is 1.25. The van der Waals surface area contributed by atoms with E-state index in [1.807, 2.05) is 0 Å². The average Bonchev–Trinajstić information content (AvgIpc) is 2.52. The molecule has 86 valence electrons. The Morgan fingerprint density at radius 2 is 2.27 bits per heavy atom. The fourth-order valence-corrected chi connectivity index (χ4v) is 1.25. The van der Waals surface area contributed by atoms with E-state index in [4.69, 9.17) is 5.73 Å². The summed E-state index contributed by atoms with van der Waals surface area (Å²) in [6.07, 6.45) is -1.21. The van der Waals surface area contributed by atoms with Gasteiger partial charge in [0.05, 0.1) is 24.6 Å². The molecule has 4 nitrogen and oxygen atoms in total. The van der Waals surface area contributed by atoms with Crippen LogP contribution in [0.25, 0.3) is 0 Å². The molecule has 1 aromatic heterocycles. The summed E-state index contributed by atoms with van der Waals surface area (Å²) in [5.41, 5.74) is 6.03. The maximum Gasteiger partial charge on any atom is 0.401 e. The van der Waals surface area contributed by atoms with Gasteiger partial charge in [0.25, 0.3) is 0 Å². The van der Waals surface area contributed by atoms with Crippen LogP contribution in [0.4, 0.5) is 13.2 Å². The molecule has 1 aromatic rings. The van der Waals surface area contributed by atoms with Crippen LogP contribution in [0.2, 0.25) is 0 Å². The Morgan fingerprint density at radius 3 is 2.67 bits per heavy atom. The SMILES string of the molecule is Cn1cncc1C(CN)NCC(F)(F)F. The molecule has 0 aromatic carbocycles. The van der Waals surface area contributed by atoms with Gasteiger partial charge in [-0.2, -0.15) is 13.2 Å². The summed E-state index contributed by atoms with van der Waals surface area (Å²) in [6.45, 7) is -0.963. The summed E-state index contributed by atoms with van der Waals surface area (Å²) >= 11 is 0. The molecule has 0 fully saturated rings. The summed E-state index contributed by atoms with van der Waals surface area (Å²) in [7, 11) is 1.71. The quantitative estimate of drug-likeness (QED) is 0.783. The van der Waals surface area contributed by atoms with Crippen molar-refractivity contribution in [2.45, 2.75) is 12.2 Å². The minimum absolute atomic E-state index is 0.0929. The van der Waals surface area contributed by atoms with E-state index in [0.29, 0.717) is 5.69 Å². The van der Waals surface area contributed by atoms with E-state index in [1.165, 1.54) is 12.5 Å². The molecular weight excluding hydrogens is 209 g/mol. The molecule has 0 aliphatic rings. The molecule has 0 aliphatic heterocycles. The first kappa shape index (κ1) is 12.0. The Bertz CT molecular complexity index is 307. The van der Waals surface area contributed by atoms with Crippen molar-refractivity contribution in [3.05, 3.63) is 18.2 Å². The molecule has 0 aliphatic carbocycles. The summed E-state index contributed by atoms with van der Waals surface area (Å²) in [6, 6.07) is -0.529. The van der Waals surface area contributed by atoms with Gasteiger partial charge in [-0.15, -0.1) is 0 Å². The van der Waals surface area contributed by atoms with Crippen molar-refractivity contribution in [2.24, 2.45) is 12.8 Å². The largest absolute Gasteiger partial charge is 0.401 e. The Hall–Kier alpha value is -1.08. The van der Waals surface area contributed by atoms with Crippen molar-refractivity contribution in [2.75, 3.05) is 13.1 Å². The van der Waals surface area contributed by atoms with Crippen molar-refractivity contribution in [1.29, 1.82) is 0 Å². The van der Waals surface area contributed by atoms with Crippen molar-refractivity contribution >= 4 is 0 Å². The van der Waals surface area contributed by atoms with Gasteiger partial charge in [-0.3, -0.25) is 5.32 Å². The zero-order chi connectivity index (χ0) is 11.5. The van der Waals surface area contributed by atoms with Crippen LogP contribution in [0.5, 0.6) is 0 Å². The second-order valence-electron chi connectivity index (χ2n) is 3.21. The van der Waals surface area contributed by atoms with Crippen LogP contribution in [-0.2, 0) is 7.05 Å². The van der Waals surface area contributed by atoms with E-state index in [0.717, 1.165) is 0 Å². The van der Waals surface area contributed by atoms with Crippen LogP contribution in [0.3, 0.4) is 0 Å². The van der Waals surface area contributed by atoms with Gasteiger partial charge in [-0.1, -0.05) is 0 Å². The van der Waals surface area contributed by atoms with Gasteiger partial charge in [0.15, 0.2) is 0 Å². The normalized spacial score (nSPS) is 14.2. The van der Waals surface area contributed by atoms with E-state index in [-0.39, 0.29) is 6.54 Å². The number of nitrogens with two attached hydrogens (primary N) is 1. The highest BCUT2D eigenvalue weighted by molar-refractivity contribution is 5.05. The second kappa shape index (κ2) is 4.63. The average molecular weight is 222 g/mol. The monoisotopic (exact) mass is 222 g/mol. The van der Waals surface area contributed by atoms with Crippen molar-refractivity contribution in [3.8, 4) is 0 Å². The zero-order valence-electron chi connectivity index (χ0n) is 8.25. The van der Waals surface area contributed by atoms with E-state index in [9.17, 15) is 13.2 Å². The first-order valence-corrected chi connectivity index (χ1v) is 4.40. The maximum atomic E-state index is 12.0. The lowest BCUT2D eigenvalue weighted by Gasteiger charge is -2.18. The number of nitrogens with one attached hydrogen (secondary N) is 1. The smallest absolute Gasteiger partial charge is 0.336 e. The zero-order valence-corrected chi connectivity index (χ0v) is 8.25. The summed E-state index contributed by atoms with van der Waals surface area (Å²) in [5, 5.41) is 2.34. The van der Waals surface area contributed by atoms with Gasteiger partial charge in [-0.05, 0) is 0 Å². The predicted octanol–water partition coefficient (Wildman–Crippen LogP) is 0.572. The molecule has 0 saturated heterocycles. The Kier molecular flexibility index (Phi) is 3.70. The molecule has 0 amide bonds. The summed E-state index contributed by atoms with van der Waals surface area (Å²) < 4.78 is 37.5. The number of aromatic nitrogens is 2. The summed E-state index contributed by atoms with van der Waals surface area (Å²) in [5.74, 6) is 0. The molecule has 0 saturated carbocycles. The number of imidazole rings is 1. The maximum absolute atomic E-state index is 12.0. The lowest BCUT2D eigenvalue weighted by atomic mass is 10.2. The molecule has 1 heterocycles. The third kappa shape index (κ3) is 3.52. The molecule has 1 rings (SSSR count). The minimum Gasteiger partial charge on any atom is -0.336 e. The molecule has 7 heteroatoms. The second-order valence-corrected chi connectivity index (χ2v) is 3.21. The highest BCUT2D eigenvalue weighted by Crippen LogP contribution is 2.16. The van der Waals surface area contributed by atoms with Crippen LogP contribution < -0.4 is 11.1 Å². The van der Waals surface area contributed by atoms with Crippen LogP contribution >= 0.6 is 0 Å². The van der Waals surface area contributed by atoms with Crippen molar-refractivity contribution in [1.82, 2.24) is 14.9 Å². The van der Waals surface area contributed by atoms with E-state index in [2.05, 4.69) is 10.3 Å². The van der Waals surface area contributed by atoms with Gasteiger partial charge in [0.1, 0.15) is 0 Å². The number of nitrogens with zero attached hydrogens (tertiary/aromatic N) is 2. The van der Waals surface area contributed by atoms with Gasteiger partial charge in [0.2, 0.25) is 0 Å². The topological polar surface area (TPSA) is 55.9 Å². The Labute approximate surface area is 85.3 Å². The van der Waals surface area contributed by atoms with Crippen LogP contribution in [-0.4, -0.2) is 28.8 Å². The van der Waals surface area contributed by atoms with Crippen LogP contribution in [0.15, 0.2) is 12.5 Å². The Balaban J connectivity index is 2.61. The molecule has 15 heavy (non-hydrogen) atoms. The van der Waals surface area contributed by atoms with Crippen LogP contribution in [0, 0.1) is 0 Å². The third-order valence-corrected chi connectivity index (χ3v) is 2.00. The molecule has 1 unspecified atom stereocenters. The van der Waals surface area contributed by atoms with Gasteiger partial charge in [-0.25, -0.2) is 4.98 Å². The van der Waals surface area contributed by atoms with E-state index >= 15 is 0 Å². The number of hydrogen-bond acceptors (Lipinski definition) is 3. The molecule has 0 radical (unpaired) electrons. The lowest BCUT2D eigenvalue weighted by molar-refractivity contribution is -0.126. The standard InChI is InChI=1S/C8H13F3N4/c1-15-5-13-3-7(15)6(2-12)14-4-8(9,10)11/h3,5-6,14H,2,4,12H2,1H3. The lowest BCUT2D eigenvalue weighted by Crippen LogP contribution is -2.36. The summed E-state index contributed by atoms with van der Waals surface area (Å²) in [4.78, 5) is 3.82. The first-order valence-electron chi connectivity index (χ1n) is 4.40. The highest BCUT2D eigenvalue weighted by Gasteiger charge is 2.28. The van der Waals surface area contributed by atoms with Gasteiger partial charge in [0, 0.05) is 19.8 Å². The number of rotatable bonds is 4. The van der Waals surface area contributed by atoms with E-state index in [1.54, 1.807) is 11.6 Å².